The second-order valence-electron chi connectivity index (χ2n) is 5.06. The second kappa shape index (κ2) is 10.5. The van der Waals surface area contributed by atoms with E-state index in [0.717, 1.165) is 11.3 Å². The number of unbranched alkanes of at least 4 members (excludes halogenated alkanes) is 1. The molecule has 0 unspecified atom stereocenters. The number of benzene rings is 2. The predicted molar refractivity (Wildman–Crippen MR) is 106 cm³/mol. The third kappa shape index (κ3) is 6.94. The number of rotatable bonds is 6. The Labute approximate surface area is 157 Å². The first kappa shape index (κ1) is 19.0. The van der Waals surface area contributed by atoms with Gasteiger partial charge in [0.25, 0.3) is 0 Å². The Morgan fingerprint density at radius 2 is 1.88 bits per heavy atom. The number of ether oxygens (including phenoxy) is 1. The van der Waals surface area contributed by atoms with Crippen LogP contribution >= 0.6 is 24.0 Å². The lowest BCUT2D eigenvalue weighted by Gasteiger charge is -2.00. The van der Waals surface area contributed by atoms with Crippen molar-refractivity contribution in [1.82, 2.24) is 0 Å². The van der Waals surface area contributed by atoms with Gasteiger partial charge in [-0.05, 0) is 72.9 Å². The van der Waals surface area contributed by atoms with E-state index in [4.69, 9.17) is 4.74 Å². The third-order valence-corrected chi connectivity index (χ3v) is 4.34. The van der Waals surface area contributed by atoms with Crippen molar-refractivity contribution in [3.05, 3.63) is 54.1 Å². The van der Waals surface area contributed by atoms with Crippen molar-refractivity contribution in [1.29, 1.82) is 0 Å². The third-order valence-electron chi connectivity index (χ3n) is 3.15. The van der Waals surface area contributed by atoms with Gasteiger partial charge in [0.1, 0.15) is 5.75 Å². The summed E-state index contributed by atoms with van der Waals surface area (Å²) in [5.41, 5.74) is 1.43. The molecular weight excluding hydrogens is 350 g/mol. The van der Waals surface area contributed by atoms with E-state index in [1.165, 1.54) is 17.7 Å². The molecule has 3 nitrogen and oxygen atoms in total. The molecule has 0 saturated heterocycles. The summed E-state index contributed by atoms with van der Waals surface area (Å²) in [7, 11) is 0. The van der Waals surface area contributed by atoms with Crippen LogP contribution in [0.1, 0.15) is 25.3 Å². The van der Waals surface area contributed by atoms with Crippen LogP contribution in [0.3, 0.4) is 0 Å². The minimum Gasteiger partial charge on any atom is -0.417 e. The summed E-state index contributed by atoms with van der Waals surface area (Å²) in [6.45, 7) is 2.18. The van der Waals surface area contributed by atoms with Gasteiger partial charge in [-0.25, -0.2) is 4.79 Å². The summed E-state index contributed by atoms with van der Waals surface area (Å²) in [6.07, 6.45) is 2.40. The van der Waals surface area contributed by atoms with Crippen molar-refractivity contribution in [3.8, 4) is 17.6 Å². The average Bonchev–Trinajstić information content (AvgIpc) is 2.63. The number of thioether (sulfide) groups is 1. The SMILES string of the molecule is CCCCSc1ccc(C#CC(=O)Oc2ccc(N=C=S)cc2)cc1. The lowest BCUT2D eigenvalue weighted by atomic mass is 10.2. The van der Waals surface area contributed by atoms with Crippen LogP contribution in [0.15, 0.2) is 58.4 Å². The molecule has 0 aliphatic rings. The summed E-state index contributed by atoms with van der Waals surface area (Å²) in [5, 5.41) is 2.28. The first-order valence-corrected chi connectivity index (χ1v) is 9.25. The Balaban J connectivity index is 1.91. The molecule has 0 atom stereocenters. The number of nitrogens with zero attached hydrogens (tertiary/aromatic N) is 1. The van der Waals surface area contributed by atoms with Gasteiger partial charge in [-0.15, -0.1) is 11.8 Å². The largest absolute Gasteiger partial charge is 0.417 e. The molecule has 0 bridgehead atoms. The second-order valence-corrected chi connectivity index (χ2v) is 6.41. The highest BCUT2D eigenvalue weighted by molar-refractivity contribution is 7.99. The number of carbonyl (C=O) groups excluding carboxylic acids is 1. The van der Waals surface area contributed by atoms with Gasteiger partial charge in [0.15, 0.2) is 0 Å². The van der Waals surface area contributed by atoms with Crippen LogP contribution in [0.5, 0.6) is 5.75 Å². The molecule has 126 valence electrons. The van der Waals surface area contributed by atoms with Gasteiger partial charge in [0.05, 0.1) is 10.8 Å². The molecule has 0 aromatic heterocycles. The van der Waals surface area contributed by atoms with Crippen molar-refractivity contribution in [2.24, 2.45) is 4.99 Å². The molecule has 0 radical (unpaired) electrons. The van der Waals surface area contributed by atoms with Crippen molar-refractivity contribution < 1.29 is 9.53 Å². The number of hydrogen-bond acceptors (Lipinski definition) is 5. The summed E-state index contributed by atoms with van der Waals surface area (Å²) >= 11 is 6.36. The molecule has 0 heterocycles. The monoisotopic (exact) mass is 367 g/mol. The van der Waals surface area contributed by atoms with Crippen molar-refractivity contribution >= 4 is 40.8 Å². The lowest BCUT2D eigenvalue weighted by molar-refractivity contribution is -0.128. The van der Waals surface area contributed by atoms with Crippen molar-refractivity contribution in [3.63, 3.8) is 0 Å². The maximum atomic E-state index is 11.8. The van der Waals surface area contributed by atoms with Crippen LogP contribution in [-0.4, -0.2) is 16.9 Å². The maximum Gasteiger partial charge on any atom is 0.390 e. The Morgan fingerprint density at radius 1 is 1.16 bits per heavy atom. The van der Waals surface area contributed by atoms with E-state index in [-0.39, 0.29) is 0 Å². The van der Waals surface area contributed by atoms with E-state index in [1.807, 2.05) is 36.0 Å². The highest BCUT2D eigenvalue weighted by atomic mass is 32.2. The summed E-state index contributed by atoms with van der Waals surface area (Å²) in [6, 6.07) is 14.5. The van der Waals surface area contributed by atoms with Crippen LogP contribution < -0.4 is 4.74 Å². The molecule has 0 amide bonds. The van der Waals surface area contributed by atoms with Gasteiger partial charge in [-0.3, -0.25) is 0 Å². The van der Waals surface area contributed by atoms with Gasteiger partial charge >= 0.3 is 5.97 Å². The fourth-order valence-corrected chi connectivity index (χ4v) is 2.97. The fourth-order valence-electron chi connectivity index (χ4n) is 1.87. The van der Waals surface area contributed by atoms with Gasteiger partial charge in [-0.2, -0.15) is 4.99 Å². The quantitative estimate of drug-likeness (QED) is 0.133. The minimum atomic E-state index is -0.604. The molecule has 0 N–H and O–H groups in total. The molecule has 0 spiro atoms. The molecule has 2 aromatic rings. The number of esters is 1. The minimum absolute atomic E-state index is 0.408. The number of carbonyl (C=O) groups is 1. The summed E-state index contributed by atoms with van der Waals surface area (Å²) < 4.78 is 5.15. The number of hydrogen-bond donors (Lipinski definition) is 0. The Bertz CT molecular complexity index is 812. The maximum absolute atomic E-state index is 11.8. The Hall–Kier alpha value is -2.38. The molecule has 0 aliphatic carbocycles. The van der Waals surface area contributed by atoms with Gasteiger partial charge in [-0.1, -0.05) is 19.3 Å². The number of isothiocyanates is 1. The van der Waals surface area contributed by atoms with E-state index in [9.17, 15) is 4.79 Å². The van der Waals surface area contributed by atoms with Crippen LogP contribution in [0.4, 0.5) is 5.69 Å². The molecule has 5 heteroatoms. The molecule has 0 aliphatic heterocycles. The molecule has 2 aromatic carbocycles. The van der Waals surface area contributed by atoms with Crippen molar-refractivity contribution in [2.45, 2.75) is 24.7 Å². The smallest absolute Gasteiger partial charge is 0.390 e. The first-order valence-electron chi connectivity index (χ1n) is 7.86. The first-order chi connectivity index (χ1) is 12.2. The predicted octanol–water partition coefficient (Wildman–Crippen LogP) is 5.27. The van der Waals surface area contributed by atoms with Gasteiger partial charge < -0.3 is 4.74 Å². The zero-order valence-electron chi connectivity index (χ0n) is 13.8. The normalized spacial score (nSPS) is 9.48. The van der Waals surface area contributed by atoms with Crippen LogP contribution in [-0.2, 0) is 4.79 Å². The fraction of sp³-hybridized carbons (Fsp3) is 0.200. The van der Waals surface area contributed by atoms with Gasteiger partial charge in [0, 0.05) is 16.4 Å². The highest BCUT2D eigenvalue weighted by Crippen LogP contribution is 2.20. The highest BCUT2D eigenvalue weighted by Gasteiger charge is 2.01. The molecule has 0 saturated carbocycles. The number of thiocarbonyl (C=S) groups is 1. The Kier molecular flexibility index (Phi) is 7.94. The zero-order chi connectivity index (χ0) is 17.9. The molecule has 0 fully saturated rings. The van der Waals surface area contributed by atoms with E-state index < -0.39 is 5.97 Å². The molecule has 25 heavy (non-hydrogen) atoms. The van der Waals surface area contributed by atoms with E-state index in [2.05, 4.69) is 41.1 Å². The standard InChI is InChI=1S/C20H17NO2S2/c1-2-3-14-25-19-11-4-16(5-12-19)6-13-20(22)23-18-9-7-17(8-10-18)21-15-24/h4-5,7-12H,2-3,14H2,1H3. The van der Waals surface area contributed by atoms with Gasteiger partial charge in [0.2, 0.25) is 0 Å². The van der Waals surface area contributed by atoms with Crippen molar-refractivity contribution in [2.75, 3.05) is 5.75 Å². The Morgan fingerprint density at radius 3 is 2.52 bits per heavy atom. The zero-order valence-corrected chi connectivity index (χ0v) is 15.5. The van der Waals surface area contributed by atoms with E-state index in [0.29, 0.717) is 11.4 Å². The van der Waals surface area contributed by atoms with E-state index >= 15 is 0 Å². The lowest BCUT2D eigenvalue weighted by Crippen LogP contribution is -2.04. The topological polar surface area (TPSA) is 38.7 Å². The van der Waals surface area contributed by atoms with E-state index in [1.54, 1.807) is 24.3 Å². The molecular formula is C20H17NO2S2. The average molecular weight is 367 g/mol. The summed E-state index contributed by atoms with van der Waals surface area (Å²) in [5.74, 6) is 6.22. The van der Waals surface area contributed by atoms with Crippen LogP contribution in [0.25, 0.3) is 0 Å². The molecule has 2 rings (SSSR count). The van der Waals surface area contributed by atoms with Crippen LogP contribution in [0.2, 0.25) is 0 Å². The van der Waals surface area contributed by atoms with Crippen LogP contribution in [0, 0.1) is 11.8 Å². The summed E-state index contributed by atoms with van der Waals surface area (Å²) in [4.78, 5) is 16.8. The number of aliphatic imine (C=N–C) groups is 1.